The summed E-state index contributed by atoms with van der Waals surface area (Å²) in [6.07, 6.45) is 0.212. The number of carboxylic acid groups (broad SMARTS) is 1. The molecule has 90 valence electrons. The van der Waals surface area contributed by atoms with E-state index in [1.807, 2.05) is 0 Å². The molecule has 1 aromatic rings. The summed E-state index contributed by atoms with van der Waals surface area (Å²) in [6, 6.07) is 6.27. The standard InChI is InChI=1S/C12H13NO4/c1-17-8-4-2-7(3-5-8)9-6-10(14)13-11(9)12(15)16/h2-5,9,11H,6H2,1H3,(H,13,14)(H,15,16)/t9-,11+/m1/s1. The van der Waals surface area contributed by atoms with Gasteiger partial charge in [0, 0.05) is 12.3 Å². The van der Waals surface area contributed by atoms with E-state index in [0.717, 1.165) is 5.56 Å². The first-order valence-electron chi connectivity index (χ1n) is 5.28. The van der Waals surface area contributed by atoms with Crippen LogP contribution in [0.4, 0.5) is 0 Å². The maximum atomic E-state index is 11.3. The van der Waals surface area contributed by atoms with Crippen LogP contribution < -0.4 is 10.1 Å². The molecule has 0 bridgehead atoms. The van der Waals surface area contributed by atoms with Crippen LogP contribution in [-0.2, 0) is 9.59 Å². The highest BCUT2D eigenvalue weighted by atomic mass is 16.5. The number of rotatable bonds is 3. The molecule has 1 saturated heterocycles. The van der Waals surface area contributed by atoms with Gasteiger partial charge in [-0.05, 0) is 17.7 Å². The van der Waals surface area contributed by atoms with Gasteiger partial charge in [-0.25, -0.2) is 4.79 Å². The summed E-state index contributed by atoms with van der Waals surface area (Å²) in [5.41, 5.74) is 0.830. The molecular weight excluding hydrogens is 222 g/mol. The first-order valence-corrected chi connectivity index (χ1v) is 5.28. The minimum absolute atomic E-state index is 0.212. The Morgan fingerprint density at radius 3 is 2.59 bits per heavy atom. The van der Waals surface area contributed by atoms with Gasteiger partial charge in [-0.3, -0.25) is 4.79 Å². The van der Waals surface area contributed by atoms with Crippen molar-refractivity contribution in [3.8, 4) is 5.75 Å². The minimum Gasteiger partial charge on any atom is -0.497 e. The molecule has 0 saturated carbocycles. The molecule has 0 radical (unpaired) electrons. The fourth-order valence-corrected chi connectivity index (χ4v) is 2.05. The number of nitrogens with one attached hydrogen (secondary N) is 1. The Morgan fingerprint density at radius 2 is 2.06 bits per heavy atom. The van der Waals surface area contributed by atoms with Crippen LogP contribution in [0.1, 0.15) is 17.9 Å². The molecule has 0 spiro atoms. The molecule has 0 aliphatic carbocycles. The number of benzene rings is 1. The normalized spacial score (nSPS) is 23.2. The number of carbonyl (C=O) groups is 2. The largest absolute Gasteiger partial charge is 0.497 e. The maximum absolute atomic E-state index is 11.3. The zero-order valence-corrected chi connectivity index (χ0v) is 9.34. The smallest absolute Gasteiger partial charge is 0.326 e. The quantitative estimate of drug-likeness (QED) is 0.810. The first-order chi connectivity index (χ1) is 8.11. The van der Waals surface area contributed by atoms with Crippen molar-refractivity contribution >= 4 is 11.9 Å². The predicted octanol–water partition coefficient (Wildman–Crippen LogP) is 0.752. The van der Waals surface area contributed by atoms with Gasteiger partial charge in [-0.1, -0.05) is 12.1 Å². The van der Waals surface area contributed by atoms with Crippen molar-refractivity contribution in [1.82, 2.24) is 5.32 Å². The van der Waals surface area contributed by atoms with Crippen LogP contribution in [0.15, 0.2) is 24.3 Å². The molecule has 2 N–H and O–H groups in total. The summed E-state index contributed by atoms with van der Waals surface area (Å²) < 4.78 is 5.03. The van der Waals surface area contributed by atoms with Gasteiger partial charge in [0.1, 0.15) is 11.8 Å². The van der Waals surface area contributed by atoms with Crippen molar-refractivity contribution in [2.24, 2.45) is 0 Å². The van der Waals surface area contributed by atoms with E-state index in [9.17, 15) is 9.59 Å². The summed E-state index contributed by atoms with van der Waals surface area (Å²) >= 11 is 0. The maximum Gasteiger partial charge on any atom is 0.326 e. The van der Waals surface area contributed by atoms with Crippen molar-refractivity contribution in [1.29, 1.82) is 0 Å². The third-order valence-electron chi connectivity index (χ3n) is 2.93. The van der Waals surface area contributed by atoms with Crippen LogP contribution in [0.3, 0.4) is 0 Å². The lowest BCUT2D eigenvalue weighted by Crippen LogP contribution is -2.35. The van der Waals surface area contributed by atoms with E-state index in [2.05, 4.69) is 5.32 Å². The van der Waals surface area contributed by atoms with Crippen molar-refractivity contribution in [2.75, 3.05) is 7.11 Å². The van der Waals surface area contributed by atoms with Crippen LogP contribution in [0.25, 0.3) is 0 Å². The molecule has 1 aliphatic heterocycles. The van der Waals surface area contributed by atoms with Crippen LogP contribution in [0, 0.1) is 0 Å². The van der Waals surface area contributed by atoms with E-state index in [1.165, 1.54) is 0 Å². The average molecular weight is 235 g/mol. The molecule has 1 fully saturated rings. The van der Waals surface area contributed by atoms with Gasteiger partial charge in [0.25, 0.3) is 0 Å². The fourth-order valence-electron chi connectivity index (χ4n) is 2.05. The molecule has 0 unspecified atom stereocenters. The molecule has 5 heteroatoms. The summed E-state index contributed by atoms with van der Waals surface area (Å²) in [5.74, 6) is -0.835. The zero-order chi connectivity index (χ0) is 12.4. The Hall–Kier alpha value is -2.04. The van der Waals surface area contributed by atoms with E-state index in [-0.39, 0.29) is 18.2 Å². The van der Waals surface area contributed by atoms with Gasteiger partial charge in [-0.2, -0.15) is 0 Å². The lowest BCUT2D eigenvalue weighted by atomic mass is 9.92. The molecule has 1 aliphatic rings. The van der Waals surface area contributed by atoms with Crippen LogP contribution in [-0.4, -0.2) is 30.1 Å². The highest BCUT2D eigenvalue weighted by Gasteiger charge is 2.38. The minimum atomic E-state index is -1.00. The van der Waals surface area contributed by atoms with E-state index >= 15 is 0 Å². The van der Waals surface area contributed by atoms with Crippen molar-refractivity contribution in [3.63, 3.8) is 0 Å². The van der Waals surface area contributed by atoms with E-state index in [1.54, 1.807) is 31.4 Å². The Morgan fingerprint density at radius 1 is 1.41 bits per heavy atom. The second-order valence-corrected chi connectivity index (χ2v) is 3.97. The summed E-state index contributed by atoms with van der Waals surface area (Å²) in [5, 5.41) is 11.5. The number of hydrogen-bond donors (Lipinski definition) is 2. The Balaban J connectivity index is 2.25. The molecule has 2 atom stereocenters. The lowest BCUT2D eigenvalue weighted by Gasteiger charge is -2.15. The van der Waals surface area contributed by atoms with Crippen LogP contribution in [0.5, 0.6) is 5.75 Å². The molecule has 1 heterocycles. The number of carboxylic acids is 1. The van der Waals surface area contributed by atoms with E-state index in [0.29, 0.717) is 5.75 Å². The second kappa shape index (κ2) is 4.45. The topological polar surface area (TPSA) is 75.6 Å². The molecule has 17 heavy (non-hydrogen) atoms. The van der Waals surface area contributed by atoms with Crippen molar-refractivity contribution in [3.05, 3.63) is 29.8 Å². The third kappa shape index (κ3) is 2.22. The van der Waals surface area contributed by atoms with Crippen molar-refractivity contribution in [2.45, 2.75) is 18.4 Å². The highest BCUT2D eigenvalue weighted by Crippen LogP contribution is 2.29. The monoisotopic (exact) mass is 235 g/mol. The number of amides is 1. The van der Waals surface area contributed by atoms with Gasteiger partial charge in [0.2, 0.25) is 5.91 Å². The number of ether oxygens (including phenoxy) is 1. The fraction of sp³-hybridized carbons (Fsp3) is 0.333. The van der Waals surface area contributed by atoms with Gasteiger partial charge >= 0.3 is 5.97 Å². The Kier molecular flexibility index (Phi) is 2.99. The Bertz CT molecular complexity index is 440. The second-order valence-electron chi connectivity index (χ2n) is 3.97. The van der Waals surface area contributed by atoms with Crippen LogP contribution in [0.2, 0.25) is 0 Å². The molecule has 5 nitrogen and oxygen atoms in total. The summed E-state index contributed by atoms with van der Waals surface area (Å²) in [7, 11) is 1.57. The summed E-state index contributed by atoms with van der Waals surface area (Å²) in [6.45, 7) is 0. The average Bonchev–Trinajstić information content (AvgIpc) is 2.72. The van der Waals surface area contributed by atoms with Gasteiger partial charge in [0.15, 0.2) is 0 Å². The number of aliphatic carboxylic acids is 1. The van der Waals surface area contributed by atoms with Crippen LogP contribution >= 0.6 is 0 Å². The molecular formula is C12H13NO4. The molecule has 0 aromatic heterocycles. The highest BCUT2D eigenvalue weighted by molar-refractivity contribution is 5.89. The lowest BCUT2D eigenvalue weighted by molar-refractivity contribution is -0.140. The molecule has 2 rings (SSSR count). The number of carbonyl (C=O) groups excluding carboxylic acids is 1. The van der Waals surface area contributed by atoms with Gasteiger partial charge < -0.3 is 15.2 Å². The predicted molar refractivity (Wildman–Crippen MR) is 59.9 cm³/mol. The van der Waals surface area contributed by atoms with Gasteiger partial charge in [0.05, 0.1) is 7.11 Å². The SMILES string of the molecule is COc1ccc([C@H]2CC(=O)N[C@@H]2C(=O)O)cc1. The molecule has 1 aromatic carbocycles. The van der Waals surface area contributed by atoms with Gasteiger partial charge in [-0.15, -0.1) is 0 Å². The molecule has 1 amide bonds. The first kappa shape index (κ1) is 11.4. The number of hydrogen-bond acceptors (Lipinski definition) is 3. The van der Waals surface area contributed by atoms with E-state index < -0.39 is 12.0 Å². The van der Waals surface area contributed by atoms with E-state index in [4.69, 9.17) is 9.84 Å². The third-order valence-corrected chi connectivity index (χ3v) is 2.93. The Labute approximate surface area is 98.4 Å². The summed E-state index contributed by atoms with van der Waals surface area (Å²) in [4.78, 5) is 22.3. The zero-order valence-electron chi connectivity index (χ0n) is 9.34. The van der Waals surface area contributed by atoms with Crippen molar-refractivity contribution < 1.29 is 19.4 Å². The number of methoxy groups -OCH3 is 1.